The molecule has 7 nitrogen and oxygen atoms in total. The van der Waals surface area contributed by atoms with E-state index in [0.717, 1.165) is 24.8 Å². The van der Waals surface area contributed by atoms with E-state index >= 15 is 0 Å². The highest BCUT2D eigenvalue weighted by Crippen LogP contribution is 2.35. The van der Waals surface area contributed by atoms with Crippen LogP contribution in [-0.2, 0) is 14.8 Å². The number of ether oxygens (including phenoxy) is 1. The first kappa shape index (κ1) is 21.8. The molecule has 1 aromatic carbocycles. The number of aryl methyl sites for hydroxylation is 2. The molecule has 0 aliphatic carbocycles. The molecule has 29 heavy (non-hydrogen) atoms. The number of nitrogens with zero attached hydrogens (tertiary/aromatic N) is 1. The van der Waals surface area contributed by atoms with Crippen molar-refractivity contribution in [3.8, 4) is 0 Å². The van der Waals surface area contributed by atoms with Crippen LogP contribution < -0.4 is 4.72 Å². The smallest absolute Gasteiger partial charge is 0.289 e. The molecule has 160 valence electrons. The lowest BCUT2D eigenvalue weighted by molar-refractivity contribution is 0.0693. The fourth-order valence-corrected chi connectivity index (χ4v) is 5.32. The Bertz CT molecular complexity index is 1000. The van der Waals surface area contributed by atoms with Crippen LogP contribution in [0.4, 0.5) is 0 Å². The monoisotopic (exact) mass is 422 g/mol. The van der Waals surface area contributed by atoms with E-state index < -0.39 is 10.0 Å². The number of methoxy groups -OCH3 is 1. The van der Waals surface area contributed by atoms with Gasteiger partial charge < -0.3 is 14.1 Å². The molecule has 1 aliphatic heterocycles. The van der Waals surface area contributed by atoms with E-state index in [0.29, 0.717) is 42.6 Å². The van der Waals surface area contributed by atoms with Crippen LogP contribution >= 0.6 is 0 Å². The minimum atomic E-state index is -3.80. The zero-order valence-corrected chi connectivity index (χ0v) is 18.4. The Hall–Kier alpha value is -1.90. The largest absolute Gasteiger partial charge is 0.449 e. The zero-order valence-electron chi connectivity index (χ0n) is 17.6. The molecule has 0 saturated carbocycles. The maximum atomic E-state index is 13.1. The minimum absolute atomic E-state index is 0.116. The third-order valence-corrected chi connectivity index (χ3v) is 7.23. The summed E-state index contributed by atoms with van der Waals surface area (Å²) in [5.41, 5.74) is 2.41. The highest BCUT2D eigenvalue weighted by atomic mass is 32.2. The fourth-order valence-electron chi connectivity index (χ4n) is 3.81. The number of benzene rings is 1. The first-order chi connectivity index (χ1) is 13.8. The molecule has 3 rings (SSSR count). The van der Waals surface area contributed by atoms with E-state index in [1.54, 1.807) is 18.9 Å². The number of rotatable bonds is 7. The molecule has 0 atom stereocenters. The van der Waals surface area contributed by atoms with Crippen LogP contribution in [0.3, 0.4) is 0 Å². The average Bonchev–Trinajstić information content (AvgIpc) is 3.02. The van der Waals surface area contributed by atoms with Gasteiger partial charge in [-0.15, -0.1) is 0 Å². The SMILES string of the molecule is COCCCNS(=O)(=O)c1c(C)c(C)cc2c(C)c(C(=O)N3CCCCC3)oc12. The lowest BCUT2D eigenvalue weighted by atomic mass is 10.0. The maximum absolute atomic E-state index is 13.1. The predicted molar refractivity (Wildman–Crippen MR) is 112 cm³/mol. The molecule has 0 bridgehead atoms. The molecule has 0 spiro atoms. The van der Waals surface area contributed by atoms with Crippen molar-refractivity contribution >= 4 is 26.9 Å². The van der Waals surface area contributed by atoms with Gasteiger partial charge in [0.25, 0.3) is 5.91 Å². The molecule has 1 saturated heterocycles. The van der Waals surface area contributed by atoms with E-state index in [1.807, 2.05) is 19.9 Å². The van der Waals surface area contributed by atoms with Gasteiger partial charge in [0.15, 0.2) is 11.3 Å². The molecule has 1 N–H and O–H groups in total. The lowest BCUT2D eigenvalue weighted by Gasteiger charge is -2.25. The second kappa shape index (κ2) is 8.85. The fraction of sp³-hybridized carbons (Fsp3) is 0.571. The highest BCUT2D eigenvalue weighted by Gasteiger charge is 2.29. The summed E-state index contributed by atoms with van der Waals surface area (Å²) in [6, 6.07) is 1.90. The van der Waals surface area contributed by atoms with Crippen LogP contribution in [0.2, 0.25) is 0 Å². The van der Waals surface area contributed by atoms with Crippen LogP contribution in [0.5, 0.6) is 0 Å². The Balaban J connectivity index is 2.06. The number of hydrogen-bond donors (Lipinski definition) is 1. The standard InChI is InChI=1S/C21H30N2O5S/c1-14-13-17-16(3)18(21(24)23-10-6-5-7-11-23)28-19(17)20(15(14)2)29(25,26)22-9-8-12-27-4/h13,22H,5-12H2,1-4H3. The molecule has 1 amide bonds. The van der Waals surface area contributed by atoms with Gasteiger partial charge in [0.1, 0.15) is 4.90 Å². The van der Waals surface area contributed by atoms with Gasteiger partial charge in [-0.3, -0.25) is 4.79 Å². The molecule has 8 heteroatoms. The molecule has 2 aromatic rings. The third kappa shape index (κ3) is 4.34. The quantitative estimate of drug-likeness (QED) is 0.692. The Morgan fingerprint density at radius 1 is 1.17 bits per heavy atom. The topological polar surface area (TPSA) is 88.8 Å². The number of carbonyl (C=O) groups excluding carboxylic acids is 1. The summed E-state index contributed by atoms with van der Waals surface area (Å²) in [4.78, 5) is 14.9. The van der Waals surface area contributed by atoms with Crippen molar-refractivity contribution in [1.29, 1.82) is 0 Å². The summed E-state index contributed by atoms with van der Waals surface area (Å²) >= 11 is 0. The van der Waals surface area contributed by atoms with E-state index in [1.165, 1.54) is 0 Å². The molecular formula is C21H30N2O5S. The predicted octanol–water partition coefficient (Wildman–Crippen LogP) is 3.30. The summed E-state index contributed by atoms with van der Waals surface area (Å²) < 4.78 is 39.7. The number of fused-ring (bicyclic) bond motifs is 1. The van der Waals surface area contributed by atoms with Crippen molar-refractivity contribution in [2.75, 3.05) is 33.4 Å². The van der Waals surface area contributed by atoms with E-state index in [4.69, 9.17) is 9.15 Å². The first-order valence-corrected chi connectivity index (χ1v) is 11.6. The van der Waals surface area contributed by atoms with E-state index in [2.05, 4.69) is 4.72 Å². The second-order valence-electron chi connectivity index (χ2n) is 7.68. The maximum Gasteiger partial charge on any atom is 0.289 e. The third-order valence-electron chi connectivity index (χ3n) is 5.62. The number of piperidine rings is 1. The van der Waals surface area contributed by atoms with Crippen LogP contribution in [0.1, 0.15) is 52.9 Å². The van der Waals surface area contributed by atoms with Gasteiger partial charge in [-0.1, -0.05) is 0 Å². The number of sulfonamides is 1. The molecule has 1 fully saturated rings. The van der Waals surface area contributed by atoms with Crippen molar-refractivity contribution in [3.05, 3.63) is 28.5 Å². The summed E-state index contributed by atoms with van der Waals surface area (Å²) in [5, 5.41) is 0.672. The number of amides is 1. The Kier molecular flexibility index (Phi) is 6.65. The molecule has 0 radical (unpaired) electrons. The van der Waals surface area contributed by atoms with Crippen molar-refractivity contribution in [1.82, 2.24) is 9.62 Å². The van der Waals surface area contributed by atoms with Gasteiger partial charge in [-0.2, -0.15) is 0 Å². The first-order valence-electron chi connectivity index (χ1n) is 10.1. The van der Waals surface area contributed by atoms with Gasteiger partial charge in [-0.25, -0.2) is 13.1 Å². The van der Waals surface area contributed by atoms with E-state index in [-0.39, 0.29) is 28.7 Å². The Morgan fingerprint density at radius 3 is 2.52 bits per heavy atom. The van der Waals surface area contributed by atoms with Crippen molar-refractivity contribution < 1.29 is 22.4 Å². The van der Waals surface area contributed by atoms with Crippen molar-refractivity contribution in [2.24, 2.45) is 0 Å². The molecular weight excluding hydrogens is 392 g/mol. The molecule has 0 unspecified atom stereocenters. The summed E-state index contributed by atoms with van der Waals surface area (Å²) in [6.45, 7) is 7.61. The number of likely N-dealkylation sites (tertiary alicyclic amines) is 1. The summed E-state index contributed by atoms with van der Waals surface area (Å²) in [6.07, 6.45) is 3.65. The normalized spacial score (nSPS) is 15.2. The molecule has 1 aliphatic rings. The molecule has 1 aromatic heterocycles. The second-order valence-corrected chi connectivity index (χ2v) is 9.38. The van der Waals surface area contributed by atoms with Crippen LogP contribution in [0, 0.1) is 20.8 Å². The van der Waals surface area contributed by atoms with E-state index in [9.17, 15) is 13.2 Å². The number of furan rings is 1. The lowest BCUT2D eigenvalue weighted by Crippen LogP contribution is -2.35. The number of carbonyl (C=O) groups is 1. The number of hydrogen-bond acceptors (Lipinski definition) is 5. The van der Waals surface area contributed by atoms with Crippen LogP contribution in [-0.4, -0.2) is 52.6 Å². The van der Waals surface area contributed by atoms with Crippen molar-refractivity contribution in [2.45, 2.75) is 51.3 Å². The average molecular weight is 423 g/mol. The van der Waals surface area contributed by atoms with Crippen molar-refractivity contribution in [3.63, 3.8) is 0 Å². The number of nitrogens with one attached hydrogen (secondary N) is 1. The summed E-state index contributed by atoms with van der Waals surface area (Å²) in [5.74, 6) is 0.0767. The van der Waals surface area contributed by atoms with Gasteiger partial charge in [0.05, 0.1) is 0 Å². The van der Waals surface area contributed by atoms with Gasteiger partial charge in [0.2, 0.25) is 10.0 Å². The molecule has 2 heterocycles. The van der Waals surface area contributed by atoms with Gasteiger partial charge in [-0.05, 0) is 63.6 Å². The minimum Gasteiger partial charge on any atom is -0.449 e. The Morgan fingerprint density at radius 2 is 1.86 bits per heavy atom. The van der Waals surface area contributed by atoms with Gasteiger partial charge in [0, 0.05) is 44.3 Å². The van der Waals surface area contributed by atoms with Crippen LogP contribution in [0.25, 0.3) is 11.0 Å². The van der Waals surface area contributed by atoms with Crippen LogP contribution in [0.15, 0.2) is 15.4 Å². The summed E-state index contributed by atoms with van der Waals surface area (Å²) in [7, 11) is -2.22. The highest BCUT2D eigenvalue weighted by molar-refractivity contribution is 7.89. The Labute approximate surface area is 172 Å². The zero-order chi connectivity index (χ0) is 21.2. The van der Waals surface area contributed by atoms with Gasteiger partial charge >= 0.3 is 0 Å².